The molecule has 0 saturated carbocycles. The summed E-state index contributed by atoms with van der Waals surface area (Å²) in [7, 11) is 0. The Labute approximate surface area is 221 Å². The number of nitrogens with zero attached hydrogens (tertiary/aromatic N) is 1. The Morgan fingerprint density at radius 3 is 2.14 bits per heavy atom. The number of hydrogen-bond acceptors (Lipinski definition) is 6. The summed E-state index contributed by atoms with van der Waals surface area (Å²) in [4.78, 5) is 27.4. The Balaban J connectivity index is 1.57. The lowest BCUT2D eigenvalue weighted by molar-refractivity contribution is 0.0559. The van der Waals surface area contributed by atoms with E-state index in [1.54, 1.807) is 18.2 Å². The van der Waals surface area contributed by atoms with Gasteiger partial charge in [-0.15, -0.1) is 0 Å². The molecule has 7 heteroatoms. The van der Waals surface area contributed by atoms with Gasteiger partial charge in [-0.25, -0.2) is 0 Å². The fraction of sp³-hybridized carbons (Fsp3) is 0.533. The van der Waals surface area contributed by atoms with Gasteiger partial charge in [0.15, 0.2) is 11.5 Å². The van der Waals surface area contributed by atoms with Gasteiger partial charge in [0.2, 0.25) is 0 Å². The van der Waals surface area contributed by atoms with Crippen LogP contribution in [0.4, 0.5) is 0 Å². The highest BCUT2D eigenvalue weighted by Gasteiger charge is 2.38. The molecule has 1 unspecified atom stereocenters. The number of hydrogen-bond donors (Lipinski definition) is 1. The molecule has 0 radical (unpaired) electrons. The molecule has 2 aromatic carbocycles. The summed E-state index contributed by atoms with van der Waals surface area (Å²) in [6, 6.07) is 12.2. The lowest BCUT2D eigenvalue weighted by atomic mass is 9.98. The third-order valence-electron chi connectivity index (χ3n) is 6.56. The van der Waals surface area contributed by atoms with Gasteiger partial charge in [0.05, 0.1) is 36.9 Å². The SMILES string of the molecule is CCCCCCOCCN1C(=O)c2cccc(C(N)COc3ccccc3OCCCCCC)c2C1=O. The summed E-state index contributed by atoms with van der Waals surface area (Å²) >= 11 is 0. The molecule has 1 aliphatic rings. The van der Waals surface area contributed by atoms with E-state index in [2.05, 4.69) is 13.8 Å². The standard InChI is InChI=1S/C30H42N2O5/c1-3-5-7-11-19-35-21-18-32-29(33)24-15-13-14-23(28(24)30(32)34)25(31)22-37-27-17-10-9-16-26(27)36-20-12-8-6-4-2/h9-10,13-17,25H,3-8,11-12,18-22,31H2,1-2H3. The number of carbonyl (C=O) groups is 2. The Kier molecular flexibility index (Phi) is 11.9. The Hall–Kier alpha value is -2.90. The van der Waals surface area contributed by atoms with Crippen molar-refractivity contribution in [3.8, 4) is 11.5 Å². The molecule has 0 saturated heterocycles. The molecule has 1 heterocycles. The van der Waals surface area contributed by atoms with Crippen LogP contribution in [0.5, 0.6) is 11.5 Å². The minimum atomic E-state index is -0.584. The zero-order valence-electron chi connectivity index (χ0n) is 22.4. The second kappa shape index (κ2) is 15.4. The number of benzene rings is 2. The first kappa shape index (κ1) is 28.7. The van der Waals surface area contributed by atoms with Crippen molar-refractivity contribution in [2.24, 2.45) is 5.73 Å². The van der Waals surface area contributed by atoms with E-state index in [-0.39, 0.29) is 25.0 Å². The van der Waals surface area contributed by atoms with Gasteiger partial charge in [0.1, 0.15) is 6.61 Å². The van der Waals surface area contributed by atoms with Crippen LogP contribution >= 0.6 is 0 Å². The number of unbranched alkanes of at least 4 members (excludes halogenated alkanes) is 6. The molecule has 0 bridgehead atoms. The molecule has 3 rings (SSSR count). The van der Waals surface area contributed by atoms with Crippen molar-refractivity contribution >= 4 is 11.8 Å². The molecule has 1 aliphatic heterocycles. The molecule has 0 aromatic heterocycles. The van der Waals surface area contributed by atoms with Crippen LogP contribution in [0.3, 0.4) is 0 Å². The summed E-state index contributed by atoms with van der Waals surface area (Å²) in [6.45, 7) is 6.33. The third kappa shape index (κ3) is 8.04. The van der Waals surface area contributed by atoms with Crippen LogP contribution in [0.25, 0.3) is 0 Å². The highest BCUT2D eigenvalue weighted by Crippen LogP contribution is 2.31. The van der Waals surface area contributed by atoms with E-state index >= 15 is 0 Å². The van der Waals surface area contributed by atoms with Crippen LogP contribution < -0.4 is 15.2 Å². The van der Waals surface area contributed by atoms with Gasteiger partial charge in [0, 0.05) is 6.61 Å². The number of ether oxygens (including phenoxy) is 3. The normalized spacial score (nSPS) is 13.6. The van der Waals surface area contributed by atoms with Crippen LogP contribution in [0.1, 0.15) is 97.5 Å². The van der Waals surface area contributed by atoms with Crippen molar-refractivity contribution in [3.63, 3.8) is 0 Å². The Morgan fingerprint density at radius 1 is 0.757 bits per heavy atom. The zero-order chi connectivity index (χ0) is 26.5. The summed E-state index contributed by atoms with van der Waals surface area (Å²) in [5.74, 6) is 0.667. The minimum absolute atomic E-state index is 0.148. The van der Waals surface area contributed by atoms with Crippen molar-refractivity contribution in [2.75, 3.05) is 33.0 Å². The van der Waals surface area contributed by atoms with Crippen LogP contribution in [0.2, 0.25) is 0 Å². The summed E-state index contributed by atoms with van der Waals surface area (Å²) < 4.78 is 17.6. The van der Waals surface area contributed by atoms with Gasteiger partial charge in [-0.1, -0.05) is 76.6 Å². The number of para-hydroxylation sites is 2. The van der Waals surface area contributed by atoms with E-state index in [9.17, 15) is 9.59 Å². The predicted molar refractivity (Wildman–Crippen MR) is 145 cm³/mol. The van der Waals surface area contributed by atoms with E-state index < -0.39 is 6.04 Å². The van der Waals surface area contributed by atoms with E-state index in [1.807, 2.05) is 24.3 Å². The molecule has 2 amide bonds. The van der Waals surface area contributed by atoms with Gasteiger partial charge in [-0.05, 0) is 36.6 Å². The van der Waals surface area contributed by atoms with Crippen LogP contribution in [0.15, 0.2) is 42.5 Å². The van der Waals surface area contributed by atoms with E-state index in [4.69, 9.17) is 19.9 Å². The lowest BCUT2D eigenvalue weighted by Gasteiger charge is -2.18. The molecular formula is C30H42N2O5. The van der Waals surface area contributed by atoms with Crippen molar-refractivity contribution in [1.29, 1.82) is 0 Å². The highest BCUT2D eigenvalue weighted by molar-refractivity contribution is 6.22. The van der Waals surface area contributed by atoms with Crippen LogP contribution in [0, 0.1) is 0 Å². The monoisotopic (exact) mass is 510 g/mol. The number of carbonyl (C=O) groups excluding carboxylic acids is 2. The Bertz CT molecular complexity index is 1010. The van der Waals surface area contributed by atoms with Gasteiger partial charge < -0.3 is 19.9 Å². The molecule has 0 fully saturated rings. The molecule has 37 heavy (non-hydrogen) atoms. The maximum Gasteiger partial charge on any atom is 0.261 e. The first-order valence-corrected chi connectivity index (χ1v) is 13.8. The molecule has 2 N–H and O–H groups in total. The van der Waals surface area contributed by atoms with Crippen molar-refractivity contribution in [3.05, 3.63) is 59.2 Å². The molecular weight excluding hydrogens is 468 g/mol. The fourth-order valence-corrected chi connectivity index (χ4v) is 4.43. The van der Waals surface area contributed by atoms with Crippen molar-refractivity contribution in [2.45, 2.75) is 71.3 Å². The average molecular weight is 511 g/mol. The summed E-state index contributed by atoms with van der Waals surface area (Å²) in [5.41, 5.74) is 7.84. The van der Waals surface area contributed by atoms with Crippen LogP contribution in [-0.4, -0.2) is 49.7 Å². The van der Waals surface area contributed by atoms with Crippen molar-refractivity contribution < 1.29 is 23.8 Å². The first-order valence-electron chi connectivity index (χ1n) is 13.8. The molecule has 202 valence electrons. The number of rotatable bonds is 18. The maximum absolute atomic E-state index is 13.2. The van der Waals surface area contributed by atoms with E-state index in [0.717, 1.165) is 25.7 Å². The fourth-order valence-electron chi connectivity index (χ4n) is 4.43. The molecule has 7 nitrogen and oxygen atoms in total. The number of imide groups is 1. The highest BCUT2D eigenvalue weighted by atomic mass is 16.5. The molecule has 0 spiro atoms. The average Bonchev–Trinajstić information content (AvgIpc) is 3.16. The van der Waals surface area contributed by atoms with E-state index in [0.29, 0.717) is 48.0 Å². The summed E-state index contributed by atoms with van der Waals surface area (Å²) in [6.07, 6.45) is 8.98. The van der Waals surface area contributed by atoms with Crippen LogP contribution in [-0.2, 0) is 4.74 Å². The summed E-state index contributed by atoms with van der Waals surface area (Å²) in [5, 5.41) is 0. The minimum Gasteiger partial charge on any atom is -0.490 e. The van der Waals surface area contributed by atoms with E-state index in [1.165, 1.54) is 30.6 Å². The molecule has 2 aromatic rings. The largest absolute Gasteiger partial charge is 0.490 e. The number of amides is 2. The molecule has 0 aliphatic carbocycles. The molecule has 1 atom stereocenters. The number of nitrogens with two attached hydrogens (primary N) is 1. The van der Waals surface area contributed by atoms with Crippen molar-refractivity contribution in [1.82, 2.24) is 4.90 Å². The third-order valence-corrected chi connectivity index (χ3v) is 6.56. The van der Waals surface area contributed by atoms with Gasteiger partial charge in [-0.3, -0.25) is 14.5 Å². The Morgan fingerprint density at radius 2 is 1.43 bits per heavy atom. The van der Waals surface area contributed by atoms with Gasteiger partial charge in [-0.2, -0.15) is 0 Å². The first-order chi connectivity index (χ1) is 18.1. The van der Waals surface area contributed by atoms with Gasteiger partial charge >= 0.3 is 0 Å². The zero-order valence-corrected chi connectivity index (χ0v) is 22.4. The maximum atomic E-state index is 13.2. The lowest BCUT2D eigenvalue weighted by Crippen LogP contribution is -2.33. The predicted octanol–water partition coefficient (Wildman–Crippen LogP) is 5.92. The second-order valence-electron chi connectivity index (χ2n) is 9.48. The quantitative estimate of drug-likeness (QED) is 0.198. The number of fused-ring (bicyclic) bond motifs is 1. The topological polar surface area (TPSA) is 91.1 Å². The second-order valence-corrected chi connectivity index (χ2v) is 9.48. The van der Waals surface area contributed by atoms with Gasteiger partial charge in [0.25, 0.3) is 11.8 Å². The smallest absolute Gasteiger partial charge is 0.261 e.